The standard InChI is InChI=1S/C20H17ClN4OS/c21-16-6-3-4-14(10-16)12-26-19-9-8-15-5-1-2-7-17(15)18(19)11-23-25-13-22-24-20(25)27/h1-10,13,23H,11-12H2,(H,24,27). The van der Waals surface area contributed by atoms with Crippen molar-refractivity contribution in [1.82, 2.24) is 14.9 Å². The molecular weight excluding hydrogens is 380 g/mol. The third-order valence-corrected chi connectivity index (χ3v) is 4.78. The lowest BCUT2D eigenvalue weighted by atomic mass is 10.0. The van der Waals surface area contributed by atoms with Crippen LogP contribution in [-0.4, -0.2) is 14.9 Å². The first-order valence-electron chi connectivity index (χ1n) is 8.44. The number of nitrogens with one attached hydrogen (secondary N) is 2. The Hall–Kier alpha value is -2.83. The minimum Gasteiger partial charge on any atom is -0.489 e. The second-order valence-corrected chi connectivity index (χ2v) is 6.87. The van der Waals surface area contributed by atoms with E-state index in [9.17, 15) is 0 Å². The van der Waals surface area contributed by atoms with Crippen molar-refractivity contribution in [2.24, 2.45) is 0 Å². The smallest absolute Gasteiger partial charge is 0.214 e. The Balaban J connectivity index is 1.64. The van der Waals surface area contributed by atoms with Gasteiger partial charge in [0.25, 0.3) is 0 Å². The Morgan fingerprint density at radius 2 is 2.00 bits per heavy atom. The van der Waals surface area contributed by atoms with E-state index in [0.29, 0.717) is 22.9 Å². The maximum Gasteiger partial charge on any atom is 0.214 e. The highest BCUT2D eigenvalue weighted by Gasteiger charge is 2.10. The van der Waals surface area contributed by atoms with Gasteiger partial charge in [0.05, 0.1) is 6.54 Å². The maximum atomic E-state index is 6.13. The number of aromatic nitrogens is 3. The van der Waals surface area contributed by atoms with Crippen LogP contribution < -0.4 is 10.2 Å². The van der Waals surface area contributed by atoms with Gasteiger partial charge in [-0.25, -0.2) is 4.68 Å². The predicted molar refractivity (Wildman–Crippen MR) is 110 cm³/mol. The molecule has 0 amide bonds. The summed E-state index contributed by atoms with van der Waals surface area (Å²) < 4.78 is 8.32. The van der Waals surface area contributed by atoms with Crippen molar-refractivity contribution in [2.75, 3.05) is 5.43 Å². The van der Waals surface area contributed by atoms with E-state index in [1.54, 1.807) is 11.0 Å². The summed E-state index contributed by atoms with van der Waals surface area (Å²) in [4.78, 5) is 0. The molecule has 0 aliphatic rings. The van der Waals surface area contributed by atoms with E-state index >= 15 is 0 Å². The summed E-state index contributed by atoms with van der Waals surface area (Å²) in [7, 11) is 0. The van der Waals surface area contributed by atoms with E-state index in [2.05, 4.69) is 33.8 Å². The monoisotopic (exact) mass is 396 g/mol. The number of benzene rings is 3. The van der Waals surface area contributed by atoms with Crippen molar-refractivity contribution in [1.29, 1.82) is 0 Å². The minimum absolute atomic E-state index is 0.442. The summed E-state index contributed by atoms with van der Waals surface area (Å²) in [5.41, 5.74) is 5.34. The lowest BCUT2D eigenvalue weighted by molar-refractivity contribution is 0.303. The average Bonchev–Trinajstić information content (AvgIpc) is 3.09. The Kier molecular flexibility index (Phi) is 5.09. The average molecular weight is 397 g/mol. The quantitative estimate of drug-likeness (QED) is 0.447. The van der Waals surface area contributed by atoms with Gasteiger partial charge in [-0.15, -0.1) is 0 Å². The fourth-order valence-electron chi connectivity index (χ4n) is 2.95. The summed E-state index contributed by atoms with van der Waals surface area (Å²) in [6.45, 7) is 0.983. The second kappa shape index (κ2) is 7.82. The summed E-state index contributed by atoms with van der Waals surface area (Å²) in [6, 6.07) is 20.0. The van der Waals surface area contributed by atoms with Crippen LogP contribution in [0.4, 0.5) is 0 Å². The Morgan fingerprint density at radius 3 is 2.81 bits per heavy atom. The first-order chi connectivity index (χ1) is 13.2. The molecule has 5 nitrogen and oxygen atoms in total. The minimum atomic E-state index is 0.442. The molecule has 0 fully saturated rings. The van der Waals surface area contributed by atoms with Crippen LogP contribution in [0.2, 0.25) is 5.02 Å². The zero-order valence-electron chi connectivity index (χ0n) is 14.4. The molecule has 0 radical (unpaired) electrons. The summed E-state index contributed by atoms with van der Waals surface area (Å²) in [6.07, 6.45) is 1.61. The van der Waals surface area contributed by atoms with E-state index in [1.165, 1.54) is 0 Å². The third kappa shape index (κ3) is 3.97. The fourth-order valence-corrected chi connectivity index (χ4v) is 3.32. The molecule has 0 unspecified atom stereocenters. The fraction of sp³-hybridized carbons (Fsp3) is 0.100. The molecule has 0 atom stereocenters. The van der Waals surface area contributed by atoms with Gasteiger partial charge in [-0.1, -0.05) is 54.1 Å². The Bertz CT molecular complexity index is 1140. The zero-order chi connectivity index (χ0) is 18.6. The van der Waals surface area contributed by atoms with Crippen LogP contribution in [0, 0.1) is 4.77 Å². The molecule has 0 saturated carbocycles. The highest BCUT2D eigenvalue weighted by atomic mass is 35.5. The molecule has 7 heteroatoms. The van der Waals surface area contributed by atoms with Crippen molar-refractivity contribution in [3.05, 3.63) is 87.9 Å². The molecule has 1 aromatic heterocycles. The molecule has 0 aliphatic carbocycles. The number of rotatable bonds is 6. The van der Waals surface area contributed by atoms with Crippen LogP contribution in [0.1, 0.15) is 11.1 Å². The van der Waals surface area contributed by atoms with Crippen LogP contribution in [0.5, 0.6) is 5.75 Å². The second-order valence-electron chi connectivity index (χ2n) is 6.05. The van der Waals surface area contributed by atoms with Crippen molar-refractivity contribution >= 4 is 34.6 Å². The van der Waals surface area contributed by atoms with Gasteiger partial charge in [0.2, 0.25) is 4.77 Å². The number of halogens is 1. The number of nitrogens with zero attached hydrogens (tertiary/aromatic N) is 2. The summed E-state index contributed by atoms with van der Waals surface area (Å²) in [5.74, 6) is 0.816. The molecule has 136 valence electrons. The topological polar surface area (TPSA) is 54.9 Å². The van der Waals surface area contributed by atoms with Crippen LogP contribution in [0.15, 0.2) is 67.0 Å². The molecule has 4 aromatic rings. The van der Waals surface area contributed by atoms with Gasteiger partial charge >= 0.3 is 0 Å². The number of fused-ring (bicyclic) bond motifs is 1. The number of H-pyrrole nitrogens is 1. The molecular formula is C20H17ClN4OS. The van der Waals surface area contributed by atoms with Crippen molar-refractivity contribution in [2.45, 2.75) is 13.2 Å². The Labute approximate surface area is 166 Å². The van der Waals surface area contributed by atoms with Gasteiger partial charge < -0.3 is 10.2 Å². The molecule has 4 rings (SSSR count). The first kappa shape index (κ1) is 17.6. The van der Waals surface area contributed by atoms with E-state index in [1.807, 2.05) is 42.5 Å². The molecule has 3 aromatic carbocycles. The zero-order valence-corrected chi connectivity index (χ0v) is 15.9. The van der Waals surface area contributed by atoms with Crippen molar-refractivity contribution < 1.29 is 4.74 Å². The molecule has 27 heavy (non-hydrogen) atoms. The number of ether oxygens (including phenoxy) is 1. The highest BCUT2D eigenvalue weighted by molar-refractivity contribution is 7.71. The SMILES string of the molecule is S=c1[nH]ncn1NCc1c(OCc2cccc(Cl)c2)ccc2ccccc12. The van der Waals surface area contributed by atoms with Gasteiger partial charge in [0.1, 0.15) is 18.7 Å². The van der Waals surface area contributed by atoms with E-state index in [-0.39, 0.29) is 0 Å². The molecule has 0 bridgehead atoms. The number of hydrogen-bond donors (Lipinski definition) is 2. The van der Waals surface area contributed by atoms with Gasteiger partial charge in [-0.05, 0) is 46.8 Å². The van der Waals surface area contributed by atoms with Gasteiger partial charge in [-0.3, -0.25) is 5.10 Å². The van der Waals surface area contributed by atoms with Crippen LogP contribution >= 0.6 is 23.8 Å². The Morgan fingerprint density at radius 1 is 1.11 bits per heavy atom. The normalized spacial score (nSPS) is 10.9. The third-order valence-electron chi connectivity index (χ3n) is 4.26. The lowest BCUT2D eigenvalue weighted by Gasteiger charge is -2.16. The number of hydrogen-bond acceptors (Lipinski definition) is 4. The van der Waals surface area contributed by atoms with Crippen LogP contribution in [0.3, 0.4) is 0 Å². The first-order valence-corrected chi connectivity index (χ1v) is 9.23. The molecule has 0 saturated heterocycles. The van der Waals surface area contributed by atoms with Crippen LogP contribution in [-0.2, 0) is 13.2 Å². The van der Waals surface area contributed by atoms with Gasteiger partial charge in [-0.2, -0.15) is 5.10 Å². The lowest BCUT2D eigenvalue weighted by Crippen LogP contribution is -2.14. The molecule has 0 aliphatic heterocycles. The largest absolute Gasteiger partial charge is 0.489 e. The van der Waals surface area contributed by atoms with Gasteiger partial charge in [0.15, 0.2) is 0 Å². The number of aromatic amines is 1. The molecule has 0 spiro atoms. The van der Waals surface area contributed by atoms with Gasteiger partial charge in [0, 0.05) is 10.6 Å². The predicted octanol–water partition coefficient (Wildman–Crippen LogP) is 5.07. The van der Waals surface area contributed by atoms with E-state index < -0.39 is 0 Å². The van der Waals surface area contributed by atoms with Crippen molar-refractivity contribution in [3.63, 3.8) is 0 Å². The van der Waals surface area contributed by atoms with E-state index in [0.717, 1.165) is 27.6 Å². The molecule has 1 heterocycles. The summed E-state index contributed by atoms with van der Waals surface area (Å²) in [5, 5.41) is 9.64. The van der Waals surface area contributed by atoms with Crippen LogP contribution in [0.25, 0.3) is 10.8 Å². The highest BCUT2D eigenvalue weighted by Crippen LogP contribution is 2.29. The summed E-state index contributed by atoms with van der Waals surface area (Å²) >= 11 is 11.3. The maximum absolute atomic E-state index is 6.13. The molecule has 2 N–H and O–H groups in total. The van der Waals surface area contributed by atoms with Crippen molar-refractivity contribution in [3.8, 4) is 5.75 Å². The van der Waals surface area contributed by atoms with E-state index in [4.69, 9.17) is 28.6 Å².